The third kappa shape index (κ3) is 5.63. The first-order valence-corrected chi connectivity index (χ1v) is 13.5. The van der Waals surface area contributed by atoms with Crippen molar-refractivity contribution in [2.24, 2.45) is 0 Å². The highest BCUT2D eigenvalue weighted by atomic mass is 19.2. The SMILES string of the molecule is CCCC(O)c1ccc(C(=O)OC2CCC(c3ccc(-c4ccc(C5CO5)c(F)c4F)cc3F)CC2)c(F)c1F. The molecular weight excluding hydrogens is 531 g/mol. The highest BCUT2D eigenvalue weighted by Crippen LogP contribution is 2.39. The second-order valence-electron chi connectivity index (χ2n) is 10.4. The molecule has 0 bridgehead atoms. The van der Waals surface area contributed by atoms with E-state index < -0.39 is 58.9 Å². The number of aliphatic hydroxyl groups excluding tert-OH is 1. The minimum absolute atomic E-state index is 0.0421. The van der Waals surface area contributed by atoms with Gasteiger partial charge in [-0.05, 0) is 61.3 Å². The van der Waals surface area contributed by atoms with E-state index >= 15 is 4.39 Å². The first-order chi connectivity index (χ1) is 19.2. The van der Waals surface area contributed by atoms with Gasteiger partial charge < -0.3 is 14.6 Å². The van der Waals surface area contributed by atoms with Crippen LogP contribution in [0.15, 0.2) is 42.5 Å². The van der Waals surface area contributed by atoms with Gasteiger partial charge in [-0.2, -0.15) is 0 Å². The third-order valence-electron chi connectivity index (χ3n) is 7.74. The lowest BCUT2D eigenvalue weighted by molar-refractivity contribution is 0.0188. The molecule has 2 unspecified atom stereocenters. The van der Waals surface area contributed by atoms with Gasteiger partial charge in [-0.1, -0.05) is 43.7 Å². The van der Waals surface area contributed by atoms with Gasteiger partial charge in [0.1, 0.15) is 18.0 Å². The molecule has 4 nitrogen and oxygen atoms in total. The second kappa shape index (κ2) is 11.7. The Labute approximate surface area is 228 Å². The van der Waals surface area contributed by atoms with Crippen LogP contribution in [0.5, 0.6) is 0 Å². The van der Waals surface area contributed by atoms with E-state index in [2.05, 4.69) is 0 Å². The fourth-order valence-electron chi connectivity index (χ4n) is 5.40. The Balaban J connectivity index is 1.22. The number of esters is 1. The van der Waals surface area contributed by atoms with Gasteiger partial charge >= 0.3 is 5.97 Å². The normalized spacial score (nSPS) is 21.2. The summed E-state index contributed by atoms with van der Waals surface area (Å²) in [6.07, 6.45) is 0.402. The molecule has 212 valence electrons. The molecule has 3 aromatic carbocycles. The van der Waals surface area contributed by atoms with Gasteiger partial charge in [0.2, 0.25) is 0 Å². The molecular formula is C31H29F5O4. The molecule has 1 saturated heterocycles. The Morgan fingerprint density at radius 2 is 1.62 bits per heavy atom. The van der Waals surface area contributed by atoms with Crippen molar-refractivity contribution in [3.05, 3.63) is 93.8 Å². The van der Waals surface area contributed by atoms with E-state index in [1.807, 2.05) is 0 Å². The van der Waals surface area contributed by atoms with E-state index in [1.54, 1.807) is 19.1 Å². The Morgan fingerprint density at radius 1 is 0.925 bits per heavy atom. The van der Waals surface area contributed by atoms with Crippen LogP contribution in [-0.2, 0) is 9.47 Å². The molecule has 2 aliphatic rings. The number of aliphatic hydroxyl groups is 1. The minimum Gasteiger partial charge on any atom is -0.459 e. The molecule has 1 aliphatic heterocycles. The zero-order chi connectivity index (χ0) is 28.6. The summed E-state index contributed by atoms with van der Waals surface area (Å²) in [6, 6.07) is 9.46. The van der Waals surface area contributed by atoms with Gasteiger partial charge in [-0.3, -0.25) is 0 Å². The average Bonchev–Trinajstić information content (AvgIpc) is 3.78. The molecule has 0 radical (unpaired) electrons. The summed E-state index contributed by atoms with van der Waals surface area (Å²) in [6.45, 7) is 2.14. The average molecular weight is 561 g/mol. The molecule has 40 heavy (non-hydrogen) atoms. The molecule has 1 heterocycles. The first kappa shape index (κ1) is 28.2. The highest BCUT2D eigenvalue weighted by molar-refractivity contribution is 5.90. The fraction of sp³-hybridized carbons (Fsp3) is 0.387. The number of carbonyl (C=O) groups is 1. The summed E-state index contributed by atoms with van der Waals surface area (Å²) >= 11 is 0. The van der Waals surface area contributed by atoms with Crippen molar-refractivity contribution in [3.8, 4) is 11.1 Å². The van der Waals surface area contributed by atoms with Crippen molar-refractivity contribution in [1.82, 2.24) is 0 Å². The van der Waals surface area contributed by atoms with Crippen LogP contribution in [0.1, 0.15) is 90.6 Å². The summed E-state index contributed by atoms with van der Waals surface area (Å²) in [7, 11) is 0. The highest BCUT2D eigenvalue weighted by Gasteiger charge is 2.31. The Hall–Kier alpha value is -3.30. The molecule has 1 N–H and O–H groups in total. The van der Waals surface area contributed by atoms with Crippen molar-refractivity contribution in [2.45, 2.75) is 69.7 Å². The number of hydrogen-bond acceptors (Lipinski definition) is 4. The topological polar surface area (TPSA) is 59.1 Å². The van der Waals surface area contributed by atoms with E-state index in [0.29, 0.717) is 44.3 Å². The smallest absolute Gasteiger partial charge is 0.341 e. The first-order valence-electron chi connectivity index (χ1n) is 13.5. The van der Waals surface area contributed by atoms with Gasteiger partial charge in [-0.15, -0.1) is 0 Å². The number of epoxide rings is 1. The summed E-state index contributed by atoms with van der Waals surface area (Å²) < 4.78 is 83.7. The zero-order valence-electron chi connectivity index (χ0n) is 21.9. The maximum atomic E-state index is 15.1. The summed E-state index contributed by atoms with van der Waals surface area (Å²) in [4.78, 5) is 12.6. The Morgan fingerprint density at radius 3 is 2.27 bits per heavy atom. The van der Waals surface area contributed by atoms with Crippen molar-refractivity contribution < 1.29 is 41.3 Å². The van der Waals surface area contributed by atoms with Gasteiger partial charge in [0.05, 0.1) is 18.3 Å². The molecule has 1 aliphatic carbocycles. The van der Waals surface area contributed by atoms with E-state index in [-0.39, 0.29) is 34.6 Å². The molecule has 0 spiro atoms. The molecule has 0 amide bonds. The largest absolute Gasteiger partial charge is 0.459 e. The molecule has 5 rings (SSSR count). The summed E-state index contributed by atoms with van der Waals surface area (Å²) in [5, 5.41) is 10.00. The van der Waals surface area contributed by atoms with Gasteiger partial charge in [0.15, 0.2) is 23.3 Å². The molecule has 2 fully saturated rings. The van der Waals surface area contributed by atoms with Gasteiger partial charge in [0, 0.05) is 16.7 Å². The maximum absolute atomic E-state index is 15.1. The van der Waals surface area contributed by atoms with Crippen LogP contribution in [0.2, 0.25) is 0 Å². The maximum Gasteiger partial charge on any atom is 0.341 e. The quantitative estimate of drug-likeness (QED) is 0.173. The van der Waals surface area contributed by atoms with E-state index in [4.69, 9.17) is 9.47 Å². The predicted octanol–water partition coefficient (Wildman–Crippen LogP) is 7.84. The van der Waals surface area contributed by atoms with Crippen molar-refractivity contribution in [2.75, 3.05) is 6.61 Å². The van der Waals surface area contributed by atoms with Crippen LogP contribution in [0.25, 0.3) is 11.1 Å². The van der Waals surface area contributed by atoms with E-state index in [9.17, 15) is 27.5 Å². The number of halogens is 5. The van der Waals surface area contributed by atoms with Gasteiger partial charge in [0.25, 0.3) is 0 Å². The van der Waals surface area contributed by atoms with Crippen molar-refractivity contribution in [3.63, 3.8) is 0 Å². The number of ether oxygens (including phenoxy) is 2. The number of rotatable bonds is 8. The van der Waals surface area contributed by atoms with E-state index in [1.165, 1.54) is 24.3 Å². The van der Waals surface area contributed by atoms with Crippen LogP contribution in [0, 0.1) is 29.1 Å². The summed E-state index contributed by atoms with van der Waals surface area (Å²) in [5.41, 5.74) is -0.0129. The molecule has 0 aromatic heterocycles. The molecule has 2 atom stereocenters. The van der Waals surface area contributed by atoms with Crippen molar-refractivity contribution >= 4 is 5.97 Å². The fourth-order valence-corrected chi connectivity index (χ4v) is 5.40. The third-order valence-corrected chi connectivity index (χ3v) is 7.74. The van der Waals surface area contributed by atoms with Crippen molar-refractivity contribution in [1.29, 1.82) is 0 Å². The van der Waals surface area contributed by atoms with Crippen LogP contribution in [0.3, 0.4) is 0 Å². The predicted molar refractivity (Wildman–Crippen MR) is 137 cm³/mol. The number of benzene rings is 3. The monoisotopic (exact) mass is 560 g/mol. The zero-order valence-corrected chi connectivity index (χ0v) is 21.9. The standard InChI is InChI=1S/C31H29F5O4/c1-2-3-25(37)21-11-13-23(30(36)28(21)34)31(38)40-18-7-4-16(5-8-18)19-9-6-17(14-24(19)32)20-10-12-22(26-15-39-26)29(35)27(20)33/h6,9-14,16,18,25-26,37H,2-5,7-8,15H2,1H3. The van der Waals surface area contributed by atoms with Crippen LogP contribution < -0.4 is 0 Å². The van der Waals surface area contributed by atoms with Gasteiger partial charge in [-0.25, -0.2) is 26.7 Å². The molecule has 9 heteroatoms. The molecule has 1 saturated carbocycles. The second-order valence-corrected chi connectivity index (χ2v) is 10.4. The minimum atomic E-state index is -1.36. The summed E-state index contributed by atoms with van der Waals surface area (Å²) in [5.74, 6) is -6.41. The Kier molecular flexibility index (Phi) is 8.24. The number of hydrogen-bond donors (Lipinski definition) is 1. The van der Waals surface area contributed by atoms with Crippen LogP contribution in [0.4, 0.5) is 22.0 Å². The molecule has 3 aromatic rings. The lowest BCUT2D eigenvalue weighted by atomic mass is 9.82. The van der Waals surface area contributed by atoms with Crippen LogP contribution >= 0.6 is 0 Å². The lowest BCUT2D eigenvalue weighted by Crippen LogP contribution is -2.25. The Bertz CT molecular complexity index is 1410. The van der Waals surface area contributed by atoms with Crippen LogP contribution in [-0.4, -0.2) is 23.8 Å². The number of carbonyl (C=O) groups excluding carboxylic acids is 1. The lowest BCUT2D eigenvalue weighted by Gasteiger charge is -2.29. The van der Waals surface area contributed by atoms with E-state index in [0.717, 1.165) is 6.07 Å².